The van der Waals surface area contributed by atoms with Crippen LogP contribution in [0.1, 0.15) is 22.8 Å². The van der Waals surface area contributed by atoms with Gasteiger partial charge in [-0.15, -0.1) is 0 Å². The quantitative estimate of drug-likeness (QED) is 0.301. The van der Waals surface area contributed by atoms with Gasteiger partial charge in [-0.1, -0.05) is 72.8 Å². The Morgan fingerprint density at radius 2 is 1.38 bits per heavy atom. The molecule has 32 heavy (non-hydrogen) atoms. The number of carbonyl (C=O) groups excluding carboxylic acids is 1. The molecule has 0 aliphatic rings. The van der Waals surface area contributed by atoms with Gasteiger partial charge in [-0.05, 0) is 53.4 Å². The average molecular weight is 426 g/mol. The van der Waals surface area contributed by atoms with Crippen molar-refractivity contribution in [3.05, 3.63) is 114 Å². The maximum atomic E-state index is 14.2. The molecular formula is C28H23FO3. The molecule has 0 aliphatic carbocycles. The van der Waals surface area contributed by atoms with E-state index in [1.165, 1.54) is 18.2 Å². The van der Waals surface area contributed by atoms with Crippen LogP contribution in [0.3, 0.4) is 0 Å². The second kappa shape index (κ2) is 9.92. The molecule has 0 saturated carbocycles. The summed E-state index contributed by atoms with van der Waals surface area (Å²) in [6, 6.07) is 29.4. The minimum absolute atomic E-state index is 0.244. The molecule has 4 heteroatoms. The van der Waals surface area contributed by atoms with Gasteiger partial charge >= 0.3 is 5.97 Å². The summed E-state index contributed by atoms with van der Waals surface area (Å²) in [5.41, 5.74) is 4.29. The lowest BCUT2D eigenvalue weighted by Crippen LogP contribution is -2.07. The Kier molecular flexibility index (Phi) is 6.61. The van der Waals surface area contributed by atoms with E-state index in [-0.39, 0.29) is 6.61 Å². The zero-order valence-electron chi connectivity index (χ0n) is 17.8. The minimum Gasteiger partial charge on any atom is -0.488 e. The van der Waals surface area contributed by atoms with E-state index in [0.29, 0.717) is 23.5 Å². The van der Waals surface area contributed by atoms with E-state index in [9.17, 15) is 9.18 Å². The first-order valence-electron chi connectivity index (χ1n) is 10.5. The van der Waals surface area contributed by atoms with Crippen molar-refractivity contribution in [3.63, 3.8) is 0 Å². The Balaban J connectivity index is 1.78. The van der Waals surface area contributed by atoms with Crippen LogP contribution in [-0.4, -0.2) is 12.6 Å². The molecule has 0 aliphatic heterocycles. The standard InChI is InChI=1S/C28H23FO3/c1-2-31-28(30)25-17-16-21(29)18-26(25)23-13-7-6-12-22(23)24-14-8-9-15-27(24)32-19-20-10-4-3-5-11-20/h3-18H,2,19H2,1H3. The van der Waals surface area contributed by atoms with Crippen LogP contribution >= 0.6 is 0 Å². The largest absolute Gasteiger partial charge is 0.488 e. The van der Waals surface area contributed by atoms with Gasteiger partial charge in [0.15, 0.2) is 0 Å². The molecule has 0 atom stereocenters. The first kappa shape index (κ1) is 21.3. The molecule has 0 radical (unpaired) electrons. The molecule has 0 spiro atoms. The molecule has 4 aromatic carbocycles. The summed E-state index contributed by atoms with van der Waals surface area (Å²) in [4.78, 5) is 12.6. The van der Waals surface area contributed by atoms with Crippen LogP contribution in [0.2, 0.25) is 0 Å². The smallest absolute Gasteiger partial charge is 0.338 e. The molecule has 0 amide bonds. The third-order valence-corrected chi connectivity index (χ3v) is 5.11. The van der Waals surface area contributed by atoms with Crippen molar-refractivity contribution in [3.8, 4) is 28.0 Å². The summed E-state index contributed by atoms with van der Waals surface area (Å²) >= 11 is 0. The van der Waals surface area contributed by atoms with Crippen LogP contribution < -0.4 is 4.74 Å². The van der Waals surface area contributed by atoms with Crippen molar-refractivity contribution in [2.45, 2.75) is 13.5 Å². The molecule has 160 valence electrons. The van der Waals surface area contributed by atoms with Crippen molar-refractivity contribution in [2.24, 2.45) is 0 Å². The van der Waals surface area contributed by atoms with E-state index < -0.39 is 11.8 Å². The Morgan fingerprint density at radius 1 is 0.750 bits per heavy atom. The third-order valence-electron chi connectivity index (χ3n) is 5.11. The highest BCUT2D eigenvalue weighted by molar-refractivity contribution is 6.00. The van der Waals surface area contributed by atoms with Crippen molar-refractivity contribution in [1.82, 2.24) is 0 Å². The van der Waals surface area contributed by atoms with Gasteiger partial charge in [0.25, 0.3) is 0 Å². The first-order chi connectivity index (χ1) is 15.7. The Morgan fingerprint density at radius 3 is 2.09 bits per heavy atom. The fraction of sp³-hybridized carbons (Fsp3) is 0.107. The maximum absolute atomic E-state index is 14.2. The highest BCUT2D eigenvalue weighted by Crippen LogP contribution is 2.39. The van der Waals surface area contributed by atoms with Crippen LogP contribution in [-0.2, 0) is 11.3 Å². The molecule has 4 aromatic rings. The van der Waals surface area contributed by atoms with Crippen LogP contribution in [0.15, 0.2) is 97.1 Å². The molecule has 0 heterocycles. The SMILES string of the molecule is CCOC(=O)c1ccc(F)cc1-c1ccccc1-c1ccccc1OCc1ccccc1. The Labute approximate surface area is 187 Å². The molecule has 0 unspecified atom stereocenters. The van der Waals surface area contributed by atoms with Gasteiger partial charge in [-0.3, -0.25) is 0 Å². The number of para-hydroxylation sites is 1. The van der Waals surface area contributed by atoms with Gasteiger partial charge in [0.2, 0.25) is 0 Å². The molecule has 0 aromatic heterocycles. The molecule has 0 fully saturated rings. The average Bonchev–Trinajstić information content (AvgIpc) is 2.83. The summed E-state index contributed by atoms with van der Waals surface area (Å²) in [6.07, 6.45) is 0. The zero-order valence-corrected chi connectivity index (χ0v) is 17.8. The fourth-order valence-electron chi connectivity index (χ4n) is 3.63. The van der Waals surface area contributed by atoms with E-state index in [2.05, 4.69) is 0 Å². The van der Waals surface area contributed by atoms with Crippen molar-refractivity contribution in [2.75, 3.05) is 6.61 Å². The second-order valence-corrected chi connectivity index (χ2v) is 7.23. The van der Waals surface area contributed by atoms with Crippen LogP contribution in [0.4, 0.5) is 4.39 Å². The molecule has 0 bridgehead atoms. The van der Waals surface area contributed by atoms with Gasteiger partial charge in [-0.2, -0.15) is 0 Å². The van der Waals surface area contributed by atoms with Gasteiger partial charge in [0.1, 0.15) is 18.2 Å². The van der Waals surface area contributed by atoms with Gasteiger partial charge < -0.3 is 9.47 Å². The van der Waals surface area contributed by atoms with E-state index in [4.69, 9.17) is 9.47 Å². The van der Waals surface area contributed by atoms with E-state index in [1.807, 2.05) is 78.9 Å². The second-order valence-electron chi connectivity index (χ2n) is 7.23. The predicted molar refractivity (Wildman–Crippen MR) is 124 cm³/mol. The Bertz CT molecular complexity index is 1220. The van der Waals surface area contributed by atoms with Crippen molar-refractivity contribution < 1.29 is 18.7 Å². The van der Waals surface area contributed by atoms with E-state index >= 15 is 0 Å². The monoisotopic (exact) mass is 426 g/mol. The zero-order chi connectivity index (χ0) is 22.3. The summed E-state index contributed by atoms with van der Waals surface area (Å²) in [6.45, 7) is 2.41. The lowest BCUT2D eigenvalue weighted by Gasteiger charge is -2.17. The number of halogens is 1. The van der Waals surface area contributed by atoms with Crippen molar-refractivity contribution in [1.29, 1.82) is 0 Å². The van der Waals surface area contributed by atoms with Gasteiger partial charge in [0.05, 0.1) is 12.2 Å². The number of esters is 1. The van der Waals surface area contributed by atoms with Crippen LogP contribution in [0, 0.1) is 5.82 Å². The lowest BCUT2D eigenvalue weighted by atomic mass is 9.91. The number of hydrogen-bond donors (Lipinski definition) is 0. The fourth-order valence-corrected chi connectivity index (χ4v) is 3.63. The number of ether oxygens (including phenoxy) is 2. The summed E-state index contributed by atoms with van der Waals surface area (Å²) in [5, 5.41) is 0. The number of rotatable bonds is 7. The summed E-state index contributed by atoms with van der Waals surface area (Å²) in [5.74, 6) is -0.194. The normalized spacial score (nSPS) is 10.6. The highest BCUT2D eigenvalue weighted by atomic mass is 19.1. The molecule has 0 N–H and O–H groups in total. The van der Waals surface area contributed by atoms with Crippen LogP contribution in [0.25, 0.3) is 22.3 Å². The number of benzene rings is 4. The topological polar surface area (TPSA) is 35.5 Å². The van der Waals surface area contributed by atoms with E-state index in [1.54, 1.807) is 6.92 Å². The van der Waals surface area contributed by atoms with Crippen LogP contribution in [0.5, 0.6) is 5.75 Å². The lowest BCUT2D eigenvalue weighted by molar-refractivity contribution is 0.0527. The predicted octanol–water partition coefficient (Wildman–Crippen LogP) is 6.92. The Hall–Kier alpha value is -3.92. The maximum Gasteiger partial charge on any atom is 0.338 e. The highest BCUT2D eigenvalue weighted by Gasteiger charge is 2.19. The van der Waals surface area contributed by atoms with E-state index in [0.717, 1.165) is 22.3 Å². The third kappa shape index (κ3) is 4.70. The molecular weight excluding hydrogens is 403 g/mol. The summed E-state index contributed by atoms with van der Waals surface area (Å²) in [7, 11) is 0. The minimum atomic E-state index is -0.481. The van der Waals surface area contributed by atoms with Gasteiger partial charge in [-0.25, -0.2) is 9.18 Å². The first-order valence-corrected chi connectivity index (χ1v) is 10.5. The van der Waals surface area contributed by atoms with Gasteiger partial charge in [0, 0.05) is 5.56 Å². The molecule has 3 nitrogen and oxygen atoms in total. The number of carbonyl (C=O) groups is 1. The summed E-state index contributed by atoms with van der Waals surface area (Å²) < 4.78 is 25.6. The van der Waals surface area contributed by atoms with Crippen molar-refractivity contribution >= 4 is 5.97 Å². The number of hydrogen-bond acceptors (Lipinski definition) is 3. The molecule has 0 saturated heterocycles. The molecule has 4 rings (SSSR count).